The van der Waals surface area contributed by atoms with Crippen LogP contribution >= 0.6 is 22.7 Å². The molecule has 2 heterocycles. The molecule has 0 spiro atoms. The first-order valence-electron chi connectivity index (χ1n) is 6.57. The summed E-state index contributed by atoms with van der Waals surface area (Å²) in [5.74, 6) is 0. The van der Waals surface area contributed by atoms with E-state index in [9.17, 15) is 0 Å². The van der Waals surface area contributed by atoms with Crippen LogP contribution in [-0.2, 0) is 13.1 Å². The fourth-order valence-corrected chi connectivity index (χ4v) is 3.64. The summed E-state index contributed by atoms with van der Waals surface area (Å²) in [6, 6.07) is 6.59. The first kappa shape index (κ1) is 14.7. The van der Waals surface area contributed by atoms with E-state index in [1.54, 1.807) is 0 Å². The van der Waals surface area contributed by atoms with Crippen LogP contribution in [0.1, 0.15) is 15.3 Å². The summed E-state index contributed by atoms with van der Waals surface area (Å²) in [4.78, 5) is 7.75. The van der Waals surface area contributed by atoms with Gasteiger partial charge in [-0.15, -0.1) is 22.7 Å². The quantitative estimate of drug-likeness (QED) is 0.768. The zero-order chi connectivity index (χ0) is 13.7. The Bertz CT molecular complexity index is 474. The molecule has 0 atom stereocenters. The lowest BCUT2D eigenvalue weighted by molar-refractivity contribution is 0.229. The molecule has 0 saturated carbocycles. The van der Waals surface area contributed by atoms with E-state index in [0.29, 0.717) is 0 Å². The third-order valence-corrected chi connectivity index (χ3v) is 5.03. The SMILES string of the molecule is Cc1ccsc1CN(CCN(C)C)Cc1cccs1. The van der Waals surface area contributed by atoms with Gasteiger partial charge in [0.2, 0.25) is 0 Å². The Kier molecular flexibility index (Phi) is 5.58. The molecule has 0 aliphatic rings. The fraction of sp³-hybridized carbons (Fsp3) is 0.467. The summed E-state index contributed by atoms with van der Waals surface area (Å²) in [6.07, 6.45) is 0. The minimum absolute atomic E-state index is 1.06. The van der Waals surface area contributed by atoms with Crippen LogP contribution in [0.3, 0.4) is 0 Å². The molecule has 0 N–H and O–H groups in total. The molecule has 0 amide bonds. The van der Waals surface area contributed by atoms with Gasteiger partial charge in [-0.2, -0.15) is 0 Å². The topological polar surface area (TPSA) is 6.48 Å². The lowest BCUT2D eigenvalue weighted by Gasteiger charge is -2.23. The Hall–Kier alpha value is -0.680. The van der Waals surface area contributed by atoms with Crippen molar-refractivity contribution in [1.29, 1.82) is 0 Å². The highest BCUT2D eigenvalue weighted by Crippen LogP contribution is 2.20. The molecule has 2 aromatic rings. The molecule has 2 nitrogen and oxygen atoms in total. The highest BCUT2D eigenvalue weighted by atomic mass is 32.1. The van der Waals surface area contributed by atoms with Gasteiger partial charge >= 0.3 is 0 Å². The Morgan fingerprint density at radius 3 is 2.42 bits per heavy atom. The van der Waals surface area contributed by atoms with E-state index in [0.717, 1.165) is 26.2 Å². The molecule has 0 radical (unpaired) electrons. The first-order chi connectivity index (χ1) is 9.15. The Balaban J connectivity index is 1.99. The molecule has 0 aliphatic carbocycles. The summed E-state index contributed by atoms with van der Waals surface area (Å²) in [5, 5.41) is 4.36. The highest BCUT2D eigenvalue weighted by molar-refractivity contribution is 7.10. The van der Waals surface area contributed by atoms with Crippen LogP contribution in [0.15, 0.2) is 29.0 Å². The molecule has 104 valence electrons. The standard InChI is InChI=1S/C15H22N2S2/c1-13-6-10-19-15(13)12-17(8-7-16(2)3)11-14-5-4-9-18-14/h4-6,9-10H,7-8,11-12H2,1-3H3. The molecule has 0 unspecified atom stereocenters. The number of nitrogens with zero attached hydrogens (tertiary/aromatic N) is 2. The summed E-state index contributed by atoms with van der Waals surface area (Å²) >= 11 is 3.72. The van der Waals surface area contributed by atoms with Gasteiger partial charge in [-0.3, -0.25) is 4.90 Å². The number of rotatable bonds is 7. The van der Waals surface area contributed by atoms with Crippen LogP contribution in [0.4, 0.5) is 0 Å². The van der Waals surface area contributed by atoms with Crippen LogP contribution < -0.4 is 0 Å². The molecule has 19 heavy (non-hydrogen) atoms. The second-order valence-electron chi connectivity index (χ2n) is 5.12. The number of hydrogen-bond acceptors (Lipinski definition) is 4. The van der Waals surface area contributed by atoms with Crippen molar-refractivity contribution in [2.45, 2.75) is 20.0 Å². The maximum Gasteiger partial charge on any atom is 0.0334 e. The van der Waals surface area contributed by atoms with Crippen molar-refractivity contribution in [2.24, 2.45) is 0 Å². The van der Waals surface area contributed by atoms with Gasteiger partial charge in [-0.05, 0) is 49.5 Å². The van der Waals surface area contributed by atoms with Crippen molar-refractivity contribution in [3.8, 4) is 0 Å². The summed E-state index contributed by atoms with van der Waals surface area (Å²) in [6.45, 7) is 6.55. The summed E-state index contributed by atoms with van der Waals surface area (Å²) < 4.78 is 0. The summed E-state index contributed by atoms with van der Waals surface area (Å²) in [5.41, 5.74) is 1.42. The van der Waals surface area contributed by atoms with Gasteiger partial charge in [0.15, 0.2) is 0 Å². The molecule has 4 heteroatoms. The van der Waals surface area contributed by atoms with Gasteiger partial charge < -0.3 is 4.90 Å². The van der Waals surface area contributed by atoms with Crippen molar-refractivity contribution in [2.75, 3.05) is 27.2 Å². The maximum atomic E-state index is 2.55. The number of aryl methyl sites for hydroxylation is 1. The lowest BCUT2D eigenvalue weighted by atomic mass is 10.2. The minimum atomic E-state index is 1.06. The molecule has 0 aliphatic heterocycles. The van der Waals surface area contributed by atoms with E-state index < -0.39 is 0 Å². The van der Waals surface area contributed by atoms with E-state index in [2.05, 4.69) is 59.8 Å². The zero-order valence-electron chi connectivity index (χ0n) is 11.9. The van der Waals surface area contributed by atoms with Crippen LogP contribution in [0.5, 0.6) is 0 Å². The van der Waals surface area contributed by atoms with Gasteiger partial charge in [-0.1, -0.05) is 6.07 Å². The van der Waals surface area contributed by atoms with Crippen molar-refractivity contribution < 1.29 is 0 Å². The number of likely N-dealkylation sites (N-methyl/N-ethyl adjacent to an activating group) is 1. The highest BCUT2D eigenvalue weighted by Gasteiger charge is 2.10. The van der Waals surface area contributed by atoms with E-state index in [1.165, 1.54) is 15.3 Å². The predicted octanol–water partition coefficient (Wildman–Crippen LogP) is 3.68. The largest absolute Gasteiger partial charge is 0.308 e. The Morgan fingerprint density at radius 2 is 1.84 bits per heavy atom. The van der Waals surface area contributed by atoms with Crippen molar-refractivity contribution in [1.82, 2.24) is 9.80 Å². The average molecular weight is 294 g/mol. The van der Waals surface area contributed by atoms with Gasteiger partial charge in [0.1, 0.15) is 0 Å². The molecule has 2 rings (SSSR count). The van der Waals surface area contributed by atoms with Crippen LogP contribution in [0, 0.1) is 6.92 Å². The van der Waals surface area contributed by atoms with Crippen molar-refractivity contribution in [3.05, 3.63) is 44.3 Å². The number of hydrogen-bond donors (Lipinski definition) is 0. The molecule has 2 aromatic heterocycles. The van der Waals surface area contributed by atoms with E-state index >= 15 is 0 Å². The van der Waals surface area contributed by atoms with Gasteiger partial charge in [0.25, 0.3) is 0 Å². The Labute approximate surface area is 124 Å². The van der Waals surface area contributed by atoms with Crippen molar-refractivity contribution in [3.63, 3.8) is 0 Å². The Morgan fingerprint density at radius 1 is 1.00 bits per heavy atom. The molecule has 0 fully saturated rings. The zero-order valence-corrected chi connectivity index (χ0v) is 13.6. The molecular weight excluding hydrogens is 272 g/mol. The second kappa shape index (κ2) is 7.20. The lowest BCUT2D eigenvalue weighted by Crippen LogP contribution is -2.30. The fourth-order valence-electron chi connectivity index (χ4n) is 1.95. The smallest absolute Gasteiger partial charge is 0.0334 e. The van der Waals surface area contributed by atoms with Gasteiger partial charge in [0.05, 0.1) is 0 Å². The minimum Gasteiger partial charge on any atom is -0.308 e. The predicted molar refractivity (Wildman–Crippen MR) is 86.0 cm³/mol. The van der Waals surface area contributed by atoms with E-state index in [4.69, 9.17) is 0 Å². The third-order valence-electron chi connectivity index (χ3n) is 3.16. The molecular formula is C15H22N2S2. The van der Waals surface area contributed by atoms with Gasteiger partial charge in [0, 0.05) is 35.9 Å². The van der Waals surface area contributed by atoms with E-state index in [1.807, 2.05) is 22.7 Å². The van der Waals surface area contributed by atoms with Crippen LogP contribution in [-0.4, -0.2) is 37.0 Å². The van der Waals surface area contributed by atoms with E-state index in [-0.39, 0.29) is 0 Å². The normalized spacial score (nSPS) is 11.6. The molecule has 0 aromatic carbocycles. The second-order valence-corrected chi connectivity index (χ2v) is 7.15. The average Bonchev–Trinajstić information content (AvgIpc) is 2.99. The maximum absolute atomic E-state index is 2.55. The summed E-state index contributed by atoms with van der Waals surface area (Å²) in [7, 11) is 4.28. The molecule has 0 bridgehead atoms. The van der Waals surface area contributed by atoms with Crippen LogP contribution in [0.2, 0.25) is 0 Å². The third kappa shape index (κ3) is 4.73. The van der Waals surface area contributed by atoms with Gasteiger partial charge in [-0.25, -0.2) is 0 Å². The van der Waals surface area contributed by atoms with Crippen LogP contribution in [0.25, 0.3) is 0 Å². The van der Waals surface area contributed by atoms with Crippen molar-refractivity contribution >= 4 is 22.7 Å². The number of thiophene rings is 2. The molecule has 0 saturated heterocycles. The monoisotopic (exact) mass is 294 g/mol. The first-order valence-corrected chi connectivity index (χ1v) is 8.33.